The van der Waals surface area contributed by atoms with Gasteiger partial charge in [-0.25, -0.2) is 4.98 Å². The quantitative estimate of drug-likeness (QED) is 0.722. The van der Waals surface area contributed by atoms with E-state index in [1.807, 2.05) is 6.07 Å². The summed E-state index contributed by atoms with van der Waals surface area (Å²) in [6, 6.07) is 1.97. The molecule has 0 fully saturated rings. The third-order valence-corrected chi connectivity index (χ3v) is 2.28. The number of hydrogen-bond donors (Lipinski definition) is 1. The molecule has 0 aliphatic carbocycles. The Morgan fingerprint density at radius 1 is 1.40 bits per heavy atom. The van der Waals surface area contributed by atoms with Gasteiger partial charge in [-0.2, -0.15) is 0 Å². The summed E-state index contributed by atoms with van der Waals surface area (Å²) < 4.78 is 0. The number of aromatic nitrogens is 3. The minimum Gasteiger partial charge on any atom is -0.341 e. The number of carbonyl (C=O) groups is 1. The Bertz CT molecular complexity index is 508. The zero-order valence-electron chi connectivity index (χ0n) is 9.03. The van der Waals surface area contributed by atoms with Gasteiger partial charge in [-0.1, -0.05) is 20.8 Å². The highest BCUT2D eigenvalue weighted by molar-refractivity contribution is 5.78. The molecule has 0 atom stereocenters. The van der Waals surface area contributed by atoms with Crippen molar-refractivity contribution in [1.29, 1.82) is 0 Å². The molecule has 2 aromatic heterocycles. The molecule has 0 amide bonds. The van der Waals surface area contributed by atoms with Gasteiger partial charge < -0.3 is 4.98 Å². The van der Waals surface area contributed by atoms with Crippen LogP contribution < -0.4 is 0 Å². The molecular formula is C11H13N3O. The van der Waals surface area contributed by atoms with Crippen LogP contribution in [0.1, 0.15) is 37.0 Å². The maximum Gasteiger partial charge on any atom is 0.170 e. The van der Waals surface area contributed by atoms with E-state index >= 15 is 0 Å². The average Bonchev–Trinajstić information content (AvgIpc) is 2.59. The first kappa shape index (κ1) is 9.83. The Hall–Kier alpha value is -1.71. The van der Waals surface area contributed by atoms with Gasteiger partial charge in [0.1, 0.15) is 11.2 Å². The van der Waals surface area contributed by atoms with Crippen LogP contribution in [0.15, 0.2) is 12.3 Å². The standard InChI is InChI=1S/C11H13N3O/c1-11(2,3)9-4-8-10(14-9)13-7(6-15)5-12-8/h4-6H,1-3H3,(H,13,14). The highest BCUT2D eigenvalue weighted by atomic mass is 16.1. The summed E-state index contributed by atoms with van der Waals surface area (Å²) >= 11 is 0. The molecule has 0 radical (unpaired) electrons. The molecule has 2 aromatic rings. The van der Waals surface area contributed by atoms with E-state index in [0.717, 1.165) is 11.2 Å². The second-order valence-electron chi connectivity index (χ2n) is 4.58. The predicted octanol–water partition coefficient (Wildman–Crippen LogP) is 2.07. The van der Waals surface area contributed by atoms with Crippen LogP contribution in [0, 0.1) is 0 Å². The number of fused-ring (bicyclic) bond motifs is 1. The monoisotopic (exact) mass is 203 g/mol. The first-order valence-corrected chi connectivity index (χ1v) is 4.82. The molecule has 1 N–H and O–H groups in total. The van der Waals surface area contributed by atoms with Gasteiger partial charge in [-0.15, -0.1) is 0 Å². The maximum atomic E-state index is 10.5. The number of nitrogens with zero attached hydrogens (tertiary/aromatic N) is 2. The lowest BCUT2D eigenvalue weighted by Crippen LogP contribution is -2.11. The second kappa shape index (κ2) is 3.15. The summed E-state index contributed by atoms with van der Waals surface area (Å²) in [4.78, 5) is 22.0. The summed E-state index contributed by atoms with van der Waals surface area (Å²) in [5.41, 5.74) is 2.92. The van der Waals surface area contributed by atoms with Gasteiger partial charge in [0.25, 0.3) is 0 Å². The molecule has 15 heavy (non-hydrogen) atoms. The fraction of sp³-hybridized carbons (Fsp3) is 0.364. The molecule has 0 saturated carbocycles. The molecule has 0 aliphatic rings. The van der Waals surface area contributed by atoms with Crippen LogP contribution >= 0.6 is 0 Å². The normalized spacial score (nSPS) is 11.9. The van der Waals surface area contributed by atoms with E-state index in [1.165, 1.54) is 6.20 Å². The van der Waals surface area contributed by atoms with Gasteiger partial charge in [0.05, 0.1) is 6.20 Å². The first-order chi connectivity index (χ1) is 7.00. The minimum absolute atomic E-state index is 0.0315. The third-order valence-electron chi connectivity index (χ3n) is 2.28. The number of aldehydes is 1. The molecule has 0 aliphatic heterocycles. The number of H-pyrrole nitrogens is 1. The predicted molar refractivity (Wildman–Crippen MR) is 58.0 cm³/mol. The van der Waals surface area contributed by atoms with Crippen molar-refractivity contribution >= 4 is 17.5 Å². The minimum atomic E-state index is 0.0315. The molecule has 0 bridgehead atoms. The van der Waals surface area contributed by atoms with Crippen LogP contribution in [-0.4, -0.2) is 21.2 Å². The van der Waals surface area contributed by atoms with E-state index in [2.05, 4.69) is 35.7 Å². The van der Waals surface area contributed by atoms with Gasteiger partial charge in [0.15, 0.2) is 11.9 Å². The summed E-state index contributed by atoms with van der Waals surface area (Å²) in [6.45, 7) is 6.33. The van der Waals surface area contributed by atoms with Gasteiger partial charge >= 0.3 is 0 Å². The fourth-order valence-electron chi connectivity index (χ4n) is 1.37. The summed E-state index contributed by atoms with van der Waals surface area (Å²) in [5, 5.41) is 0. The van der Waals surface area contributed by atoms with Crippen molar-refractivity contribution < 1.29 is 4.79 Å². The molecule has 4 heteroatoms. The van der Waals surface area contributed by atoms with E-state index in [4.69, 9.17) is 0 Å². The van der Waals surface area contributed by atoms with Gasteiger partial charge in [-0.3, -0.25) is 9.78 Å². The molecule has 78 valence electrons. The smallest absolute Gasteiger partial charge is 0.170 e. The highest BCUT2D eigenvalue weighted by Gasteiger charge is 2.17. The summed E-state index contributed by atoms with van der Waals surface area (Å²) in [5.74, 6) is 0. The Balaban J connectivity index is 2.61. The summed E-state index contributed by atoms with van der Waals surface area (Å²) in [7, 11) is 0. The molecular weight excluding hydrogens is 190 g/mol. The lowest BCUT2D eigenvalue weighted by Gasteiger charge is -2.15. The Morgan fingerprint density at radius 3 is 2.73 bits per heavy atom. The van der Waals surface area contributed by atoms with E-state index in [0.29, 0.717) is 17.6 Å². The Kier molecular flexibility index (Phi) is 2.07. The number of rotatable bonds is 1. The number of hydrogen-bond acceptors (Lipinski definition) is 3. The Morgan fingerprint density at radius 2 is 2.13 bits per heavy atom. The largest absolute Gasteiger partial charge is 0.341 e. The van der Waals surface area contributed by atoms with Crippen molar-refractivity contribution in [3.63, 3.8) is 0 Å². The van der Waals surface area contributed by atoms with E-state index in [-0.39, 0.29) is 5.41 Å². The molecule has 0 spiro atoms. The van der Waals surface area contributed by atoms with Gasteiger partial charge in [-0.05, 0) is 6.07 Å². The number of carbonyl (C=O) groups excluding carboxylic acids is 1. The zero-order chi connectivity index (χ0) is 11.1. The zero-order valence-corrected chi connectivity index (χ0v) is 9.03. The SMILES string of the molecule is CC(C)(C)c1cc2ncc(C=O)nc2[nH]1. The van der Waals surface area contributed by atoms with Crippen LogP contribution in [0.3, 0.4) is 0 Å². The second-order valence-corrected chi connectivity index (χ2v) is 4.58. The van der Waals surface area contributed by atoms with E-state index < -0.39 is 0 Å². The van der Waals surface area contributed by atoms with Gasteiger partial charge in [0.2, 0.25) is 0 Å². The van der Waals surface area contributed by atoms with Crippen molar-refractivity contribution in [1.82, 2.24) is 15.0 Å². The van der Waals surface area contributed by atoms with Crippen molar-refractivity contribution in [3.05, 3.63) is 23.7 Å². The van der Waals surface area contributed by atoms with Crippen LogP contribution in [0.2, 0.25) is 0 Å². The lowest BCUT2D eigenvalue weighted by molar-refractivity contribution is 0.111. The number of aromatic amines is 1. The molecule has 2 heterocycles. The molecule has 0 unspecified atom stereocenters. The van der Waals surface area contributed by atoms with Gasteiger partial charge in [0, 0.05) is 11.1 Å². The first-order valence-electron chi connectivity index (χ1n) is 4.82. The van der Waals surface area contributed by atoms with Crippen LogP contribution in [-0.2, 0) is 5.41 Å². The van der Waals surface area contributed by atoms with Crippen LogP contribution in [0.25, 0.3) is 11.2 Å². The Labute approximate surface area is 87.7 Å². The average molecular weight is 203 g/mol. The van der Waals surface area contributed by atoms with E-state index in [1.54, 1.807) is 0 Å². The third kappa shape index (κ3) is 1.75. The van der Waals surface area contributed by atoms with Crippen molar-refractivity contribution in [3.8, 4) is 0 Å². The molecule has 4 nitrogen and oxygen atoms in total. The van der Waals surface area contributed by atoms with Crippen LogP contribution in [0.5, 0.6) is 0 Å². The molecule has 2 rings (SSSR count). The summed E-state index contributed by atoms with van der Waals surface area (Å²) in [6.07, 6.45) is 2.18. The maximum absolute atomic E-state index is 10.5. The van der Waals surface area contributed by atoms with Crippen molar-refractivity contribution in [2.45, 2.75) is 26.2 Å². The van der Waals surface area contributed by atoms with Crippen molar-refractivity contribution in [2.75, 3.05) is 0 Å². The van der Waals surface area contributed by atoms with Crippen molar-refractivity contribution in [2.24, 2.45) is 0 Å². The number of nitrogens with one attached hydrogen (secondary N) is 1. The highest BCUT2D eigenvalue weighted by Crippen LogP contribution is 2.23. The topological polar surface area (TPSA) is 58.6 Å². The van der Waals surface area contributed by atoms with Crippen LogP contribution in [0.4, 0.5) is 0 Å². The lowest BCUT2D eigenvalue weighted by atomic mass is 9.93. The fourth-order valence-corrected chi connectivity index (χ4v) is 1.37. The van der Waals surface area contributed by atoms with E-state index in [9.17, 15) is 4.79 Å². The molecule has 0 aromatic carbocycles. The molecule has 0 saturated heterocycles.